The number of nitrogens with zero attached hydrogens (tertiary/aromatic N) is 1. The molecule has 0 radical (unpaired) electrons. The van der Waals surface area contributed by atoms with Crippen molar-refractivity contribution in [3.63, 3.8) is 0 Å². The monoisotopic (exact) mass is 646 g/mol. The number of hydrogen-bond donors (Lipinski definition) is 1. The van der Waals surface area contributed by atoms with E-state index in [-0.39, 0.29) is 12.0 Å². The Morgan fingerprint density at radius 2 is 1.85 bits per heavy atom. The first kappa shape index (κ1) is 28.0. The van der Waals surface area contributed by atoms with E-state index < -0.39 is 5.60 Å². The number of benzene rings is 2. The summed E-state index contributed by atoms with van der Waals surface area (Å²) in [5.41, 5.74) is 3.76. The van der Waals surface area contributed by atoms with Crippen molar-refractivity contribution in [2.45, 2.75) is 70.4 Å². The molecule has 0 heterocycles. The lowest BCUT2D eigenvalue weighted by Gasteiger charge is -2.25. The quantitative estimate of drug-likeness (QED) is 0.283. The second-order valence-electron chi connectivity index (χ2n) is 8.90. The lowest BCUT2D eigenvalue weighted by atomic mass is 10.00. The summed E-state index contributed by atoms with van der Waals surface area (Å²) in [5.74, 6) is -0.00789. The second kappa shape index (κ2) is 13.0. The minimum atomic E-state index is -0.545. The van der Waals surface area contributed by atoms with Gasteiger partial charge in [0.25, 0.3) is 0 Å². The molecule has 0 aliphatic rings. The fraction of sp³-hybridized carbons (Fsp3) is 0.440. The van der Waals surface area contributed by atoms with Crippen LogP contribution in [0.25, 0.3) is 0 Å². The first-order valence-corrected chi connectivity index (χ1v) is 15.1. The minimum Gasteiger partial charge on any atom is -0.444 e. The van der Waals surface area contributed by atoms with Gasteiger partial charge in [0.15, 0.2) is 0 Å². The van der Waals surface area contributed by atoms with Crippen molar-refractivity contribution in [3.8, 4) is 0 Å². The highest BCUT2D eigenvalue weighted by Crippen LogP contribution is 2.31. The van der Waals surface area contributed by atoms with Crippen LogP contribution in [0.5, 0.6) is 0 Å². The van der Waals surface area contributed by atoms with Gasteiger partial charge in [-0.15, -0.1) is 0 Å². The zero-order chi connectivity index (χ0) is 24.6. The van der Waals surface area contributed by atoms with Crippen molar-refractivity contribution in [2.75, 3.05) is 12.4 Å². The molecular formula is C25H32BrIN2O3S. The van der Waals surface area contributed by atoms with E-state index in [4.69, 9.17) is 4.74 Å². The van der Waals surface area contributed by atoms with E-state index in [0.29, 0.717) is 13.0 Å². The van der Waals surface area contributed by atoms with Crippen molar-refractivity contribution < 1.29 is 14.3 Å². The molecule has 180 valence electrons. The summed E-state index contributed by atoms with van der Waals surface area (Å²) in [4.78, 5) is 27.5. The van der Waals surface area contributed by atoms with Crippen LogP contribution in [0, 0.1) is 0 Å². The molecule has 0 spiro atoms. The molecule has 0 aromatic heterocycles. The minimum absolute atomic E-state index is 0.00789. The molecule has 0 aliphatic carbocycles. The zero-order valence-electron chi connectivity index (χ0n) is 19.8. The molecule has 2 amide bonds. The highest BCUT2D eigenvalue weighted by atomic mass is 127. The Kier molecular flexibility index (Phi) is 11.0. The standard InChI is InChI=1S/C25H32BrIN2O3S/c1-6-17-14-20(26)11-10-18(17)8-7-9-23(30)28-21-12-13-22(33-27)19(15-21)16-29(5)24(31)32-25(2,3)4/h10-15H,6-9,16H2,1-5H3,(H,28,30). The lowest BCUT2D eigenvalue weighted by Crippen LogP contribution is -2.33. The average molecular weight is 647 g/mol. The van der Waals surface area contributed by atoms with Crippen molar-refractivity contribution in [1.82, 2.24) is 4.90 Å². The molecule has 0 fully saturated rings. The number of halogens is 2. The molecule has 0 unspecified atom stereocenters. The highest BCUT2D eigenvalue weighted by Gasteiger charge is 2.20. The molecule has 0 atom stereocenters. The summed E-state index contributed by atoms with van der Waals surface area (Å²) in [6, 6.07) is 12.1. The van der Waals surface area contributed by atoms with Gasteiger partial charge in [-0.05, 0) is 87.1 Å². The third kappa shape index (κ3) is 9.48. The molecule has 1 N–H and O–H groups in total. The van der Waals surface area contributed by atoms with Crippen LogP contribution in [0.3, 0.4) is 0 Å². The predicted octanol–water partition coefficient (Wildman–Crippen LogP) is 7.78. The van der Waals surface area contributed by atoms with Gasteiger partial charge in [-0.3, -0.25) is 4.79 Å². The van der Waals surface area contributed by atoms with Crippen LogP contribution in [0.2, 0.25) is 0 Å². The molecule has 0 bridgehead atoms. The van der Waals surface area contributed by atoms with E-state index in [9.17, 15) is 9.59 Å². The van der Waals surface area contributed by atoms with Gasteiger partial charge >= 0.3 is 6.09 Å². The van der Waals surface area contributed by atoms with Crippen LogP contribution >= 0.6 is 46.1 Å². The number of hydrogen-bond acceptors (Lipinski definition) is 4. The summed E-state index contributed by atoms with van der Waals surface area (Å²) in [6.45, 7) is 8.09. The number of ether oxygens (including phenoxy) is 1. The maximum atomic E-state index is 12.6. The summed E-state index contributed by atoms with van der Waals surface area (Å²) >= 11 is 5.75. The summed E-state index contributed by atoms with van der Waals surface area (Å²) in [6.07, 6.45) is 2.72. The Bertz CT molecular complexity index is 979. The smallest absolute Gasteiger partial charge is 0.410 e. The van der Waals surface area contributed by atoms with E-state index in [0.717, 1.165) is 39.9 Å². The maximum absolute atomic E-state index is 12.6. The first-order valence-electron chi connectivity index (χ1n) is 10.9. The van der Waals surface area contributed by atoms with Crippen LogP contribution in [0.15, 0.2) is 45.8 Å². The van der Waals surface area contributed by atoms with E-state index in [1.165, 1.54) is 11.1 Å². The van der Waals surface area contributed by atoms with Gasteiger partial charge in [0, 0.05) is 56.3 Å². The van der Waals surface area contributed by atoms with Crippen LogP contribution in [-0.2, 0) is 28.9 Å². The van der Waals surface area contributed by atoms with Gasteiger partial charge in [0.05, 0.1) is 0 Å². The SMILES string of the molecule is CCc1cc(Br)ccc1CCCC(=O)Nc1ccc(SI)c(CN(C)C(=O)OC(C)(C)C)c1. The Hall–Kier alpha value is -1.26. The molecular weight excluding hydrogens is 615 g/mol. The number of carbonyl (C=O) groups is 2. The molecule has 5 nitrogen and oxygen atoms in total. The van der Waals surface area contributed by atoms with Gasteiger partial charge in [0.2, 0.25) is 5.91 Å². The fourth-order valence-corrected chi connectivity index (χ4v) is 5.39. The summed E-state index contributed by atoms with van der Waals surface area (Å²) in [7, 11) is 3.30. The Morgan fingerprint density at radius 1 is 1.12 bits per heavy atom. The van der Waals surface area contributed by atoms with Crippen LogP contribution in [0.4, 0.5) is 10.5 Å². The van der Waals surface area contributed by atoms with Gasteiger partial charge in [-0.2, -0.15) is 0 Å². The fourth-order valence-electron chi connectivity index (χ4n) is 3.35. The summed E-state index contributed by atoms with van der Waals surface area (Å²) < 4.78 is 6.53. The second-order valence-corrected chi connectivity index (χ2v) is 11.7. The number of anilines is 1. The topological polar surface area (TPSA) is 58.6 Å². The first-order chi connectivity index (χ1) is 15.5. The van der Waals surface area contributed by atoms with E-state index in [1.54, 1.807) is 20.9 Å². The zero-order valence-corrected chi connectivity index (χ0v) is 24.4. The van der Waals surface area contributed by atoms with Crippen molar-refractivity contribution in [2.24, 2.45) is 0 Å². The average Bonchev–Trinajstić information content (AvgIpc) is 2.73. The van der Waals surface area contributed by atoms with Crippen LogP contribution < -0.4 is 5.32 Å². The molecule has 2 aromatic carbocycles. The van der Waals surface area contributed by atoms with E-state index >= 15 is 0 Å². The third-order valence-corrected chi connectivity index (χ3v) is 7.42. The van der Waals surface area contributed by atoms with E-state index in [2.05, 4.69) is 67.6 Å². The van der Waals surface area contributed by atoms with E-state index in [1.807, 2.05) is 39.0 Å². The number of carbonyl (C=O) groups excluding carboxylic acids is 2. The van der Waals surface area contributed by atoms with Gasteiger partial charge < -0.3 is 15.0 Å². The van der Waals surface area contributed by atoms with Gasteiger partial charge in [-0.25, -0.2) is 4.79 Å². The molecule has 2 rings (SSSR count). The Balaban J connectivity index is 1.97. The van der Waals surface area contributed by atoms with Crippen LogP contribution in [-0.4, -0.2) is 29.5 Å². The van der Waals surface area contributed by atoms with Crippen molar-refractivity contribution in [3.05, 3.63) is 57.6 Å². The maximum Gasteiger partial charge on any atom is 0.410 e. The number of rotatable bonds is 9. The third-order valence-electron chi connectivity index (χ3n) is 4.94. The number of amides is 2. The molecule has 2 aromatic rings. The predicted molar refractivity (Wildman–Crippen MR) is 149 cm³/mol. The molecule has 0 aliphatic heterocycles. The normalized spacial score (nSPS) is 11.2. The Labute approximate surface area is 222 Å². The van der Waals surface area contributed by atoms with Crippen molar-refractivity contribution >= 4 is 63.8 Å². The van der Waals surface area contributed by atoms with Gasteiger partial charge in [0.1, 0.15) is 5.60 Å². The van der Waals surface area contributed by atoms with Crippen molar-refractivity contribution in [1.29, 1.82) is 0 Å². The molecule has 33 heavy (non-hydrogen) atoms. The number of nitrogens with one attached hydrogen (secondary N) is 1. The molecule has 0 saturated carbocycles. The van der Waals surface area contributed by atoms with Crippen LogP contribution in [0.1, 0.15) is 57.2 Å². The number of aryl methyl sites for hydroxylation is 2. The molecule has 8 heteroatoms. The molecule has 0 saturated heterocycles. The summed E-state index contributed by atoms with van der Waals surface area (Å²) in [5, 5.41) is 3.01. The van der Waals surface area contributed by atoms with Gasteiger partial charge in [-0.1, -0.05) is 37.9 Å². The highest BCUT2D eigenvalue weighted by molar-refractivity contribution is 14.2. The Morgan fingerprint density at radius 3 is 2.48 bits per heavy atom. The lowest BCUT2D eigenvalue weighted by molar-refractivity contribution is -0.116. The largest absolute Gasteiger partial charge is 0.444 e.